The fourth-order valence-electron chi connectivity index (χ4n) is 3.17. The zero-order chi connectivity index (χ0) is 19.3. The molecule has 0 atom stereocenters. The fourth-order valence-corrected chi connectivity index (χ4v) is 3.17. The number of aromatic nitrogens is 4. The highest BCUT2D eigenvalue weighted by atomic mass is 19.1. The Kier molecular flexibility index (Phi) is 5.06. The van der Waals surface area contributed by atoms with Crippen molar-refractivity contribution in [2.24, 2.45) is 7.05 Å². The van der Waals surface area contributed by atoms with Gasteiger partial charge >= 0.3 is 0 Å². The van der Waals surface area contributed by atoms with Gasteiger partial charge in [0.2, 0.25) is 0 Å². The smallest absolute Gasteiger partial charge is 0.123 e. The van der Waals surface area contributed by atoms with Gasteiger partial charge in [0.05, 0.1) is 5.69 Å². The first-order chi connectivity index (χ1) is 13.7. The van der Waals surface area contributed by atoms with E-state index >= 15 is 0 Å². The number of benzene rings is 1. The molecule has 0 amide bonds. The lowest BCUT2D eigenvalue weighted by Crippen LogP contribution is -1.94. The molecule has 0 aliphatic heterocycles. The standard InChI is InChI=1S/C23H19FN4/c1-28-21(6-2-4-17-5-3-13-26-16-17)22(18-11-14-25-15-12-18)23(27-28)19-7-9-20(24)10-8-19/h2-3,5-16H,4H2,1H3. The van der Waals surface area contributed by atoms with Gasteiger partial charge in [-0.1, -0.05) is 12.1 Å². The molecule has 3 heterocycles. The molecular weight excluding hydrogens is 351 g/mol. The van der Waals surface area contributed by atoms with Crippen LogP contribution in [0.1, 0.15) is 11.3 Å². The van der Waals surface area contributed by atoms with Gasteiger partial charge in [-0.2, -0.15) is 5.10 Å². The van der Waals surface area contributed by atoms with Crippen LogP contribution in [0.3, 0.4) is 0 Å². The summed E-state index contributed by atoms with van der Waals surface area (Å²) in [5.74, 6) is -0.262. The summed E-state index contributed by atoms with van der Waals surface area (Å²) >= 11 is 0. The third kappa shape index (κ3) is 3.74. The quantitative estimate of drug-likeness (QED) is 0.500. The highest BCUT2D eigenvalue weighted by Gasteiger charge is 2.17. The van der Waals surface area contributed by atoms with Gasteiger partial charge in [-0.3, -0.25) is 14.6 Å². The number of rotatable bonds is 5. The van der Waals surface area contributed by atoms with Crippen LogP contribution in [0.2, 0.25) is 0 Å². The predicted octanol–water partition coefficient (Wildman–Crippen LogP) is 4.94. The summed E-state index contributed by atoms with van der Waals surface area (Å²) < 4.78 is 15.2. The maximum atomic E-state index is 13.4. The Morgan fingerprint density at radius 2 is 1.71 bits per heavy atom. The number of halogens is 1. The van der Waals surface area contributed by atoms with E-state index in [9.17, 15) is 4.39 Å². The van der Waals surface area contributed by atoms with Gasteiger partial charge in [0.1, 0.15) is 11.5 Å². The minimum atomic E-state index is -0.262. The van der Waals surface area contributed by atoms with Crippen molar-refractivity contribution in [2.75, 3.05) is 0 Å². The zero-order valence-corrected chi connectivity index (χ0v) is 15.5. The Bertz CT molecular complexity index is 1080. The van der Waals surface area contributed by atoms with E-state index in [1.807, 2.05) is 42.2 Å². The first-order valence-corrected chi connectivity index (χ1v) is 9.01. The predicted molar refractivity (Wildman–Crippen MR) is 109 cm³/mol. The van der Waals surface area contributed by atoms with Crippen molar-refractivity contribution in [1.82, 2.24) is 19.7 Å². The molecule has 0 saturated carbocycles. The highest BCUT2D eigenvalue weighted by Crippen LogP contribution is 2.34. The lowest BCUT2D eigenvalue weighted by molar-refractivity contribution is 0.628. The van der Waals surface area contributed by atoms with Gasteiger partial charge < -0.3 is 0 Å². The van der Waals surface area contributed by atoms with Gasteiger partial charge in [0.25, 0.3) is 0 Å². The van der Waals surface area contributed by atoms with E-state index in [-0.39, 0.29) is 5.82 Å². The van der Waals surface area contributed by atoms with E-state index in [4.69, 9.17) is 5.10 Å². The van der Waals surface area contributed by atoms with Crippen molar-refractivity contribution >= 4 is 6.08 Å². The van der Waals surface area contributed by atoms with Crippen LogP contribution < -0.4 is 0 Å². The first-order valence-electron chi connectivity index (χ1n) is 9.01. The second-order valence-electron chi connectivity index (χ2n) is 6.44. The molecule has 4 nitrogen and oxygen atoms in total. The third-order valence-electron chi connectivity index (χ3n) is 4.53. The summed E-state index contributed by atoms with van der Waals surface area (Å²) in [4.78, 5) is 8.28. The fraction of sp³-hybridized carbons (Fsp3) is 0.0870. The van der Waals surface area contributed by atoms with Gasteiger partial charge in [0, 0.05) is 43.0 Å². The summed E-state index contributed by atoms with van der Waals surface area (Å²) in [6.07, 6.45) is 12.1. The molecule has 0 spiro atoms. The molecule has 138 valence electrons. The lowest BCUT2D eigenvalue weighted by Gasteiger charge is -2.05. The molecule has 0 radical (unpaired) electrons. The van der Waals surface area contributed by atoms with Crippen LogP contribution in [0.4, 0.5) is 4.39 Å². The molecule has 0 aliphatic carbocycles. The van der Waals surface area contributed by atoms with Crippen LogP contribution in [-0.2, 0) is 13.5 Å². The lowest BCUT2D eigenvalue weighted by atomic mass is 9.99. The van der Waals surface area contributed by atoms with E-state index in [1.165, 1.54) is 12.1 Å². The monoisotopic (exact) mass is 370 g/mol. The molecule has 0 saturated heterocycles. The van der Waals surface area contributed by atoms with Crippen LogP contribution in [0.15, 0.2) is 79.4 Å². The second-order valence-corrected chi connectivity index (χ2v) is 6.44. The SMILES string of the molecule is Cn1nc(-c2ccc(F)cc2)c(-c2ccncc2)c1C=CCc1cccnc1. The molecule has 4 rings (SSSR count). The van der Waals surface area contributed by atoms with Crippen molar-refractivity contribution in [3.8, 4) is 22.4 Å². The minimum Gasteiger partial charge on any atom is -0.267 e. The van der Waals surface area contributed by atoms with Gasteiger partial charge in [-0.25, -0.2) is 4.39 Å². The maximum absolute atomic E-state index is 13.4. The van der Waals surface area contributed by atoms with E-state index in [0.29, 0.717) is 0 Å². The van der Waals surface area contributed by atoms with E-state index in [0.717, 1.165) is 40.1 Å². The number of allylic oxidation sites excluding steroid dienone is 1. The van der Waals surface area contributed by atoms with Gasteiger partial charge in [-0.15, -0.1) is 0 Å². The van der Waals surface area contributed by atoms with Crippen LogP contribution in [-0.4, -0.2) is 19.7 Å². The molecule has 28 heavy (non-hydrogen) atoms. The van der Waals surface area contributed by atoms with Crippen LogP contribution >= 0.6 is 0 Å². The minimum absolute atomic E-state index is 0.262. The number of pyridine rings is 2. The van der Waals surface area contributed by atoms with Crippen LogP contribution in [0.5, 0.6) is 0 Å². The molecule has 0 fully saturated rings. The third-order valence-corrected chi connectivity index (χ3v) is 4.53. The van der Waals surface area contributed by atoms with Crippen molar-refractivity contribution in [3.63, 3.8) is 0 Å². The highest BCUT2D eigenvalue weighted by molar-refractivity contribution is 5.86. The molecule has 0 aliphatic rings. The van der Waals surface area contributed by atoms with Crippen LogP contribution in [0.25, 0.3) is 28.5 Å². The maximum Gasteiger partial charge on any atom is 0.123 e. The number of aryl methyl sites for hydroxylation is 1. The molecule has 0 bridgehead atoms. The molecule has 1 aromatic carbocycles. The summed E-state index contributed by atoms with van der Waals surface area (Å²) in [5.41, 5.74) is 5.83. The van der Waals surface area contributed by atoms with Gasteiger partial charge in [-0.05, 0) is 66.1 Å². The molecule has 3 aromatic heterocycles. The van der Waals surface area contributed by atoms with Crippen molar-refractivity contribution in [2.45, 2.75) is 6.42 Å². The van der Waals surface area contributed by atoms with E-state index < -0.39 is 0 Å². The molecule has 0 N–H and O–H groups in total. The van der Waals surface area contributed by atoms with E-state index in [1.54, 1.807) is 30.7 Å². The largest absolute Gasteiger partial charge is 0.267 e. The Labute approximate surface area is 163 Å². The molecule has 5 heteroatoms. The average molecular weight is 370 g/mol. The van der Waals surface area contributed by atoms with Crippen molar-refractivity contribution in [3.05, 3.63) is 96.5 Å². The van der Waals surface area contributed by atoms with E-state index in [2.05, 4.69) is 22.1 Å². The topological polar surface area (TPSA) is 43.6 Å². The summed E-state index contributed by atoms with van der Waals surface area (Å²) in [5, 5.41) is 4.72. The van der Waals surface area contributed by atoms with Crippen molar-refractivity contribution in [1.29, 1.82) is 0 Å². The Morgan fingerprint density at radius 3 is 2.43 bits per heavy atom. The van der Waals surface area contributed by atoms with Crippen molar-refractivity contribution < 1.29 is 4.39 Å². The number of hydrogen-bond acceptors (Lipinski definition) is 3. The Hall–Kier alpha value is -3.60. The summed E-state index contributed by atoms with van der Waals surface area (Å²) in [7, 11) is 1.92. The normalized spacial score (nSPS) is 11.2. The number of nitrogens with zero attached hydrogens (tertiary/aromatic N) is 4. The average Bonchev–Trinajstić information content (AvgIpc) is 3.06. The number of hydrogen-bond donors (Lipinski definition) is 0. The molecular formula is C23H19FN4. The summed E-state index contributed by atoms with van der Waals surface area (Å²) in [6.45, 7) is 0. The Morgan fingerprint density at radius 1 is 0.929 bits per heavy atom. The zero-order valence-electron chi connectivity index (χ0n) is 15.5. The second kappa shape index (κ2) is 7.96. The first kappa shape index (κ1) is 17.8. The molecule has 0 unspecified atom stereocenters. The summed E-state index contributed by atoms with van der Waals surface area (Å²) in [6, 6.07) is 14.3. The Balaban J connectivity index is 1.78. The molecule has 4 aromatic rings. The van der Waals surface area contributed by atoms with Crippen LogP contribution in [0, 0.1) is 5.82 Å². The van der Waals surface area contributed by atoms with Gasteiger partial charge in [0.15, 0.2) is 0 Å².